The molecule has 0 aromatic carbocycles. The van der Waals surface area contributed by atoms with Gasteiger partial charge in [0.15, 0.2) is 5.82 Å². The van der Waals surface area contributed by atoms with E-state index in [-0.39, 0.29) is 5.82 Å². The Balaban J connectivity index is 2.90. The summed E-state index contributed by atoms with van der Waals surface area (Å²) in [7, 11) is 0. The van der Waals surface area contributed by atoms with Crippen LogP contribution in [0, 0.1) is 0 Å². The minimum absolute atomic E-state index is 0.0650. The smallest absolute Gasteiger partial charge is 0.237 e. The van der Waals surface area contributed by atoms with Crippen LogP contribution in [0.1, 0.15) is 0 Å². The summed E-state index contributed by atoms with van der Waals surface area (Å²) in [5, 5.41) is -1.42. The summed E-state index contributed by atoms with van der Waals surface area (Å²) in [4.78, 5) is 6.64. The van der Waals surface area contributed by atoms with Gasteiger partial charge in [0.05, 0.1) is 0 Å². The van der Waals surface area contributed by atoms with Crippen molar-refractivity contribution in [2.45, 2.75) is 6.18 Å². The first-order valence-corrected chi connectivity index (χ1v) is 3.60. The van der Waals surface area contributed by atoms with Crippen LogP contribution in [-0.4, -0.2) is 16.3 Å². The fourth-order valence-corrected chi connectivity index (χ4v) is 0.670. The largest absolute Gasteiger partial charge is 0.444 e. The zero-order valence-corrected chi connectivity index (χ0v) is 6.97. The standard InChI is InChI=1S/C7H4ClF3N2/c8-6(7(9,10)11)13-5-3-1-2-4-12-5/h1-4H/b13-6-. The molecule has 0 unspecified atom stereocenters. The lowest BCUT2D eigenvalue weighted by Crippen LogP contribution is -2.16. The van der Waals surface area contributed by atoms with Crippen molar-refractivity contribution in [2.75, 3.05) is 0 Å². The molecule has 6 heteroatoms. The number of nitrogens with zero attached hydrogens (tertiary/aromatic N) is 2. The van der Waals surface area contributed by atoms with Gasteiger partial charge in [0.1, 0.15) is 0 Å². The molecule has 1 heterocycles. The molecule has 0 radical (unpaired) electrons. The first-order valence-electron chi connectivity index (χ1n) is 3.22. The zero-order valence-electron chi connectivity index (χ0n) is 6.22. The van der Waals surface area contributed by atoms with Gasteiger partial charge < -0.3 is 0 Å². The Morgan fingerprint density at radius 3 is 2.54 bits per heavy atom. The fraction of sp³-hybridized carbons (Fsp3) is 0.143. The first-order chi connectivity index (χ1) is 6.00. The molecule has 1 aromatic heterocycles. The molecule has 1 rings (SSSR count). The highest BCUT2D eigenvalue weighted by atomic mass is 35.5. The summed E-state index contributed by atoms with van der Waals surface area (Å²) in [6.45, 7) is 0. The second-order valence-electron chi connectivity index (χ2n) is 2.09. The molecule has 0 N–H and O–H groups in total. The minimum atomic E-state index is -4.61. The maximum Gasteiger partial charge on any atom is 0.444 e. The molecule has 0 amide bonds. The number of aliphatic imine (C=N–C) groups is 1. The molecule has 0 atom stereocenters. The third-order valence-corrected chi connectivity index (χ3v) is 1.39. The molecule has 13 heavy (non-hydrogen) atoms. The van der Waals surface area contributed by atoms with Gasteiger partial charge in [-0.3, -0.25) is 0 Å². The van der Waals surface area contributed by atoms with Crippen LogP contribution < -0.4 is 0 Å². The summed E-state index contributed by atoms with van der Waals surface area (Å²) >= 11 is 4.88. The molecule has 0 saturated heterocycles. The van der Waals surface area contributed by atoms with Crippen LogP contribution in [0.2, 0.25) is 0 Å². The molecule has 0 aliphatic carbocycles. The maximum absolute atomic E-state index is 11.8. The SMILES string of the molecule is FC(F)(F)/C(Cl)=N/c1ccccn1. The Morgan fingerprint density at radius 2 is 2.08 bits per heavy atom. The highest BCUT2D eigenvalue weighted by Gasteiger charge is 2.34. The average molecular weight is 209 g/mol. The number of aromatic nitrogens is 1. The molecule has 0 bridgehead atoms. The maximum atomic E-state index is 11.8. The van der Waals surface area contributed by atoms with E-state index in [0.29, 0.717) is 0 Å². The van der Waals surface area contributed by atoms with Crippen LogP contribution in [0.4, 0.5) is 19.0 Å². The van der Waals surface area contributed by atoms with E-state index >= 15 is 0 Å². The van der Waals surface area contributed by atoms with E-state index in [9.17, 15) is 13.2 Å². The van der Waals surface area contributed by atoms with Crippen molar-refractivity contribution in [1.29, 1.82) is 0 Å². The molecule has 0 spiro atoms. The summed E-state index contributed by atoms with van der Waals surface area (Å²) in [5.74, 6) is -0.0650. The second-order valence-corrected chi connectivity index (χ2v) is 2.45. The number of hydrogen-bond acceptors (Lipinski definition) is 2. The Kier molecular flexibility index (Phi) is 2.87. The van der Waals surface area contributed by atoms with Crippen LogP contribution in [-0.2, 0) is 0 Å². The van der Waals surface area contributed by atoms with Gasteiger partial charge in [-0.1, -0.05) is 17.7 Å². The number of rotatable bonds is 1. The van der Waals surface area contributed by atoms with Crippen molar-refractivity contribution in [3.05, 3.63) is 24.4 Å². The van der Waals surface area contributed by atoms with Crippen molar-refractivity contribution in [2.24, 2.45) is 4.99 Å². The van der Waals surface area contributed by atoms with Crippen molar-refractivity contribution < 1.29 is 13.2 Å². The minimum Gasteiger partial charge on any atom is -0.237 e. The number of alkyl halides is 3. The lowest BCUT2D eigenvalue weighted by Gasteiger charge is -2.01. The Bertz CT molecular complexity index is 307. The van der Waals surface area contributed by atoms with Gasteiger partial charge >= 0.3 is 6.18 Å². The molecule has 0 fully saturated rings. The predicted molar refractivity (Wildman–Crippen MR) is 43.2 cm³/mol. The lowest BCUT2D eigenvalue weighted by atomic mass is 10.5. The highest BCUT2D eigenvalue weighted by molar-refractivity contribution is 6.67. The third-order valence-electron chi connectivity index (χ3n) is 1.10. The lowest BCUT2D eigenvalue weighted by molar-refractivity contribution is -0.0558. The van der Waals surface area contributed by atoms with Gasteiger partial charge in [-0.25, -0.2) is 9.98 Å². The van der Waals surface area contributed by atoms with Crippen LogP contribution in [0.15, 0.2) is 29.4 Å². The fourth-order valence-electron chi connectivity index (χ4n) is 0.584. The summed E-state index contributed by atoms with van der Waals surface area (Å²) in [6, 6.07) is 4.42. The van der Waals surface area contributed by atoms with Gasteiger partial charge in [0.2, 0.25) is 5.17 Å². The second kappa shape index (κ2) is 3.74. The summed E-state index contributed by atoms with van der Waals surface area (Å²) in [5.41, 5.74) is 0. The molecular weight excluding hydrogens is 205 g/mol. The summed E-state index contributed by atoms with van der Waals surface area (Å²) < 4.78 is 35.5. The van der Waals surface area contributed by atoms with E-state index in [2.05, 4.69) is 9.98 Å². The molecule has 0 saturated carbocycles. The average Bonchev–Trinajstić information content (AvgIpc) is 2.04. The quantitative estimate of drug-likeness (QED) is 0.652. The summed E-state index contributed by atoms with van der Waals surface area (Å²) in [6.07, 6.45) is -3.28. The highest BCUT2D eigenvalue weighted by Crippen LogP contribution is 2.22. The normalized spacial score (nSPS) is 13.1. The third kappa shape index (κ3) is 3.02. The van der Waals surface area contributed by atoms with Gasteiger partial charge in [0.25, 0.3) is 0 Å². The molecular formula is C7H4ClF3N2. The number of halogens is 4. The monoisotopic (exact) mass is 208 g/mol. The van der Waals surface area contributed by atoms with Crippen LogP contribution in [0.25, 0.3) is 0 Å². The van der Waals surface area contributed by atoms with Crippen LogP contribution in [0.3, 0.4) is 0 Å². The zero-order chi connectivity index (χ0) is 9.90. The van der Waals surface area contributed by atoms with E-state index in [1.165, 1.54) is 18.3 Å². The van der Waals surface area contributed by atoms with E-state index in [1.54, 1.807) is 6.07 Å². The van der Waals surface area contributed by atoms with E-state index in [0.717, 1.165) is 0 Å². The Morgan fingerprint density at radius 1 is 1.38 bits per heavy atom. The van der Waals surface area contributed by atoms with Gasteiger partial charge in [-0.15, -0.1) is 0 Å². The Labute approximate surface area is 77.1 Å². The number of pyridine rings is 1. The topological polar surface area (TPSA) is 25.2 Å². The van der Waals surface area contributed by atoms with Crippen molar-refractivity contribution in [3.63, 3.8) is 0 Å². The van der Waals surface area contributed by atoms with Gasteiger partial charge in [-0.2, -0.15) is 13.2 Å². The van der Waals surface area contributed by atoms with Crippen LogP contribution >= 0.6 is 11.6 Å². The molecule has 2 nitrogen and oxygen atoms in total. The van der Waals surface area contributed by atoms with Crippen molar-refractivity contribution >= 4 is 22.6 Å². The van der Waals surface area contributed by atoms with E-state index in [4.69, 9.17) is 11.6 Å². The van der Waals surface area contributed by atoms with Crippen LogP contribution in [0.5, 0.6) is 0 Å². The predicted octanol–water partition coefficient (Wildman–Crippen LogP) is 2.91. The van der Waals surface area contributed by atoms with Crippen molar-refractivity contribution in [1.82, 2.24) is 4.98 Å². The van der Waals surface area contributed by atoms with Crippen molar-refractivity contribution in [3.8, 4) is 0 Å². The molecule has 0 aliphatic heterocycles. The molecule has 70 valence electrons. The van der Waals surface area contributed by atoms with E-state index < -0.39 is 11.3 Å². The molecule has 0 aliphatic rings. The van der Waals surface area contributed by atoms with Gasteiger partial charge in [0, 0.05) is 6.20 Å². The Hall–Kier alpha value is -1.10. The molecule has 1 aromatic rings. The first kappa shape index (κ1) is 9.98. The number of hydrogen-bond donors (Lipinski definition) is 0. The van der Waals surface area contributed by atoms with Gasteiger partial charge in [-0.05, 0) is 12.1 Å². The van der Waals surface area contributed by atoms with E-state index in [1.807, 2.05) is 0 Å².